The van der Waals surface area contributed by atoms with Crippen LogP contribution >= 0.6 is 0 Å². The number of benzene rings is 2. The van der Waals surface area contributed by atoms with Crippen molar-refractivity contribution in [1.29, 1.82) is 0 Å². The van der Waals surface area contributed by atoms with Crippen molar-refractivity contribution in [3.63, 3.8) is 0 Å². The Morgan fingerprint density at radius 2 is 1.67 bits per heavy atom. The Kier molecular flexibility index (Phi) is 8.01. The van der Waals surface area contributed by atoms with Gasteiger partial charge in [0.2, 0.25) is 5.91 Å². The topological polar surface area (TPSA) is 88.2 Å². The molecule has 0 aromatic heterocycles. The van der Waals surface area contributed by atoms with Gasteiger partial charge in [0.1, 0.15) is 12.4 Å². The van der Waals surface area contributed by atoms with Gasteiger partial charge in [-0.1, -0.05) is 6.07 Å². The summed E-state index contributed by atoms with van der Waals surface area (Å²) in [6.07, 6.45) is 0.517. The van der Waals surface area contributed by atoms with Crippen molar-refractivity contribution >= 4 is 21.8 Å². The summed E-state index contributed by atoms with van der Waals surface area (Å²) < 4.78 is 50.9. The molecule has 2 rings (SSSR count). The molecule has 0 atom stereocenters. The first-order valence-electron chi connectivity index (χ1n) is 9.12. The fourth-order valence-electron chi connectivity index (χ4n) is 2.68. The Bertz CT molecular complexity index is 965. The van der Waals surface area contributed by atoms with E-state index in [2.05, 4.69) is 5.32 Å². The van der Waals surface area contributed by atoms with Gasteiger partial charge in [0.05, 0.1) is 19.9 Å². The molecule has 0 unspecified atom stereocenters. The Balaban J connectivity index is 2.05. The molecule has 0 bridgehead atoms. The van der Waals surface area contributed by atoms with Crippen molar-refractivity contribution in [2.75, 3.05) is 45.7 Å². The van der Waals surface area contributed by atoms with E-state index in [1.54, 1.807) is 20.3 Å². The number of nitrogens with one attached hydrogen (secondary N) is 1. The molecule has 0 aliphatic rings. The number of halogens is 1. The number of anilines is 1. The molecule has 0 aliphatic heterocycles. The number of amides is 1. The molecule has 0 radical (unpaired) electrons. The van der Waals surface area contributed by atoms with E-state index in [0.717, 1.165) is 26.3 Å². The van der Waals surface area contributed by atoms with Crippen molar-refractivity contribution in [3.8, 4) is 11.5 Å². The molecule has 30 heavy (non-hydrogen) atoms. The second kappa shape index (κ2) is 10.3. The highest BCUT2D eigenvalue weighted by molar-refractivity contribution is 7.90. The van der Waals surface area contributed by atoms with Gasteiger partial charge >= 0.3 is 10.2 Å². The van der Waals surface area contributed by atoms with Crippen LogP contribution in [0.5, 0.6) is 11.5 Å². The number of methoxy groups -OCH3 is 2. The minimum atomic E-state index is -3.94. The van der Waals surface area contributed by atoms with Gasteiger partial charge in [0, 0.05) is 20.6 Å². The van der Waals surface area contributed by atoms with Crippen molar-refractivity contribution < 1.29 is 27.1 Å². The first kappa shape index (κ1) is 23.4. The molecule has 1 amide bonds. The molecular weight excluding hydrogens is 413 g/mol. The number of carbonyl (C=O) groups excluding carboxylic acids is 1. The van der Waals surface area contributed by atoms with Gasteiger partial charge in [-0.3, -0.25) is 4.79 Å². The molecule has 10 heteroatoms. The Labute approximate surface area is 176 Å². The standard InChI is InChI=1S/C20H26FN3O5S/c1-23(2)30(26,27)24(17-8-6-16(21)7-9-17)14-20(25)22-12-11-15-5-10-18(28-3)19(13-15)29-4/h5-10,13H,11-12,14H2,1-4H3,(H,22,25). The Hall–Kier alpha value is -2.85. The number of rotatable bonds is 10. The lowest BCUT2D eigenvalue weighted by molar-refractivity contribution is -0.119. The van der Waals surface area contributed by atoms with Gasteiger partial charge in [0.15, 0.2) is 11.5 Å². The van der Waals surface area contributed by atoms with E-state index in [1.165, 1.54) is 26.2 Å². The zero-order valence-electron chi connectivity index (χ0n) is 17.4. The van der Waals surface area contributed by atoms with Crippen LogP contribution in [-0.4, -0.2) is 60.0 Å². The van der Waals surface area contributed by atoms with Crippen LogP contribution in [0.1, 0.15) is 5.56 Å². The molecule has 0 fully saturated rings. The second-order valence-corrected chi connectivity index (χ2v) is 8.63. The average Bonchev–Trinajstić information content (AvgIpc) is 2.72. The minimum Gasteiger partial charge on any atom is -0.493 e. The van der Waals surface area contributed by atoms with Crippen LogP contribution in [0.25, 0.3) is 0 Å². The predicted octanol–water partition coefficient (Wildman–Crippen LogP) is 1.81. The number of hydrogen-bond acceptors (Lipinski definition) is 5. The second-order valence-electron chi connectivity index (χ2n) is 6.56. The number of nitrogens with zero attached hydrogens (tertiary/aromatic N) is 2. The highest BCUT2D eigenvalue weighted by atomic mass is 32.2. The highest BCUT2D eigenvalue weighted by Crippen LogP contribution is 2.27. The van der Waals surface area contributed by atoms with Crippen LogP contribution in [0, 0.1) is 5.82 Å². The summed E-state index contributed by atoms with van der Waals surface area (Å²) in [7, 11) is 1.87. The van der Waals surface area contributed by atoms with Gasteiger partial charge in [0.25, 0.3) is 0 Å². The van der Waals surface area contributed by atoms with Gasteiger partial charge in [-0.05, 0) is 48.4 Å². The summed E-state index contributed by atoms with van der Waals surface area (Å²) >= 11 is 0. The maximum Gasteiger partial charge on any atom is 0.304 e. The fraction of sp³-hybridized carbons (Fsp3) is 0.350. The molecule has 164 valence electrons. The molecule has 8 nitrogen and oxygen atoms in total. The molecular formula is C20H26FN3O5S. The zero-order valence-corrected chi connectivity index (χ0v) is 18.2. The lowest BCUT2D eigenvalue weighted by Crippen LogP contribution is -2.46. The predicted molar refractivity (Wildman–Crippen MR) is 113 cm³/mol. The fourth-order valence-corrected chi connectivity index (χ4v) is 3.74. The summed E-state index contributed by atoms with van der Waals surface area (Å²) in [6, 6.07) is 10.3. The lowest BCUT2D eigenvalue weighted by Gasteiger charge is -2.26. The third-order valence-electron chi connectivity index (χ3n) is 4.33. The largest absolute Gasteiger partial charge is 0.493 e. The number of hydrogen-bond donors (Lipinski definition) is 1. The first-order valence-corrected chi connectivity index (χ1v) is 10.5. The van der Waals surface area contributed by atoms with Crippen LogP contribution in [0.3, 0.4) is 0 Å². The molecule has 2 aromatic carbocycles. The molecule has 0 saturated carbocycles. The van der Waals surface area contributed by atoms with E-state index in [9.17, 15) is 17.6 Å². The summed E-state index contributed by atoms with van der Waals surface area (Å²) in [5.74, 6) is 0.209. The Morgan fingerprint density at radius 1 is 1.03 bits per heavy atom. The molecule has 0 heterocycles. The lowest BCUT2D eigenvalue weighted by atomic mass is 10.1. The van der Waals surface area contributed by atoms with Crippen molar-refractivity contribution in [2.45, 2.75) is 6.42 Å². The number of ether oxygens (including phenoxy) is 2. The van der Waals surface area contributed by atoms with Gasteiger partial charge in [-0.15, -0.1) is 0 Å². The zero-order chi connectivity index (χ0) is 22.3. The van der Waals surface area contributed by atoms with Crippen LogP contribution in [0.2, 0.25) is 0 Å². The first-order chi connectivity index (χ1) is 14.2. The van der Waals surface area contributed by atoms with Crippen LogP contribution < -0.4 is 19.1 Å². The van der Waals surface area contributed by atoms with Crippen molar-refractivity contribution in [3.05, 3.63) is 53.8 Å². The quantitative estimate of drug-likeness (QED) is 0.610. The van der Waals surface area contributed by atoms with Crippen molar-refractivity contribution in [1.82, 2.24) is 9.62 Å². The monoisotopic (exact) mass is 439 g/mol. The maximum absolute atomic E-state index is 13.2. The van der Waals surface area contributed by atoms with Crippen molar-refractivity contribution in [2.24, 2.45) is 0 Å². The smallest absolute Gasteiger partial charge is 0.304 e. The maximum atomic E-state index is 13.2. The Morgan fingerprint density at radius 3 is 2.23 bits per heavy atom. The van der Waals surface area contributed by atoms with E-state index >= 15 is 0 Å². The average molecular weight is 440 g/mol. The van der Waals surface area contributed by atoms with E-state index in [0.29, 0.717) is 24.5 Å². The van der Waals surface area contributed by atoms with E-state index in [4.69, 9.17) is 9.47 Å². The third-order valence-corrected chi connectivity index (χ3v) is 6.15. The van der Waals surface area contributed by atoms with Gasteiger partial charge < -0.3 is 14.8 Å². The van der Waals surface area contributed by atoms with Crippen LogP contribution in [0.4, 0.5) is 10.1 Å². The summed E-state index contributed by atoms with van der Waals surface area (Å²) in [5, 5.41) is 2.71. The molecule has 0 spiro atoms. The van der Waals surface area contributed by atoms with E-state index in [1.807, 2.05) is 12.1 Å². The normalized spacial score (nSPS) is 11.3. The summed E-state index contributed by atoms with van der Waals surface area (Å²) in [6.45, 7) is -0.133. The molecule has 0 aliphatic carbocycles. The molecule has 1 N–H and O–H groups in total. The van der Waals surface area contributed by atoms with Gasteiger partial charge in [-0.25, -0.2) is 8.70 Å². The third kappa shape index (κ3) is 5.83. The number of carbonyl (C=O) groups is 1. The summed E-state index contributed by atoms with van der Waals surface area (Å²) in [5.41, 5.74) is 1.12. The highest BCUT2D eigenvalue weighted by Gasteiger charge is 2.27. The van der Waals surface area contributed by atoms with E-state index in [-0.39, 0.29) is 5.69 Å². The molecule has 2 aromatic rings. The van der Waals surface area contributed by atoms with E-state index < -0.39 is 28.5 Å². The van der Waals surface area contributed by atoms with Crippen LogP contribution in [0.15, 0.2) is 42.5 Å². The van der Waals surface area contributed by atoms with Gasteiger partial charge in [-0.2, -0.15) is 12.7 Å². The molecule has 0 saturated heterocycles. The van der Waals surface area contributed by atoms with Crippen LogP contribution in [-0.2, 0) is 21.4 Å². The SMILES string of the molecule is COc1ccc(CCNC(=O)CN(c2ccc(F)cc2)S(=O)(=O)N(C)C)cc1OC. The summed E-state index contributed by atoms with van der Waals surface area (Å²) in [4.78, 5) is 12.4. The minimum absolute atomic E-state index is 0.195.